The van der Waals surface area contributed by atoms with Crippen molar-refractivity contribution in [3.05, 3.63) is 35.9 Å². The number of carbonyl (C=O) groups excluding carboxylic acids is 1. The van der Waals surface area contributed by atoms with E-state index in [0.29, 0.717) is 6.61 Å². The molecule has 8 heteroatoms. The lowest BCUT2D eigenvalue weighted by molar-refractivity contribution is -0.174. The number of rotatable bonds is 8. The van der Waals surface area contributed by atoms with Gasteiger partial charge in [-0.15, -0.1) is 0 Å². The first-order chi connectivity index (χ1) is 9.89. The summed E-state index contributed by atoms with van der Waals surface area (Å²) in [4.78, 5) is 10.5. The van der Waals surface area contributed by atoms with Gasteiger partial charge in [-0.3, -0.25) is 4.79 Å². The summed E-state index contributed by atoms with van der Waals surface area (Å²) >= 11 is 0. The molecule has 0 saturated carbocycles. The Balaban J connectivity index is 2.06. The molecule has 1 amide bonds. The molecule has 2 N–H and O–H groups in total. The number of aliphatic hydroxyl groups is 1. The van der Waals surface area contributed by atoms with Gasteiger partial charge in [-0.05, 0) is 5.56 Å². The van der Waals surface area contributed by atoms with Crippen molar-refractivity contribution in [2.45, 2.75) is 18.9 Å². The highest BCUT2D eigenvalue weighted by Gasteiger charge is 2.38. The van der Waals surface area contributed by atoms with Crippen molar-refractivity contribution >= 4 is 5.91 Å². The second kappa shape index (κ2) is 8.60. The number of ether oxygens (including phenoxy) is 2. The van der Waals surface area contributed by atoms with Gasteiger partial charge in [0.1, 0.15) is 6.79 Å². The van der Waals surface area contributed by atoms with Crippen LogP contribution in [-0.2, 0) is 20.9 Å². The van der Waals surface area contributed by atoms with Gasteiger partial charge in [0.15, 0.2) is 0 Å². The molecule has 1 unspecified atom stereocenters. The van der Waals surface area contributed by atoms with Crippen LogP contribution in [0.3, 0.4) is 0 Å². The lowest BCUT2D eigenvalue weighted by atomic mass is 10.2. The molecule has 1 aromatic carbocycles. The number of hydrogen-bond acceptors (Lipinski definition) is 4. The van der Waals surface area contributed by atoms with Crippen molar-refractivity contribution in [3.8, 4) is 0 Å². The van der Waals surface area contributed by atoms with Crippen LogP contribution in [0.25, 0.3) is 0 Å². The zero-order chi connectivity index (χ0) is 15.7. The summed E-state index contributed by atoms with van der Waals surface area (Å²) in [5, 5.41) is 10.9. The van der Waals surface area contributed by atoms with E-state index >= 15 is 0 Å². The molecule has 1 aromatic rings. The van der Waals surface area contributed by atoms with E-state index in [1.807, 2.05) is 30.3 Å². The average molecular weight is 307 g/mol. The number of benzene rings is 1. The lowest BCUT2D eigenvalue weighted by Gasteiger charge is -2.13. The summed E-state index contributed by atoms with van der Waals surface area (Å²) in [7, 11) is 0. The minimum Gasteiger partial charge on any atom is -0.389 e. The Morgan fingerprint density at radius 1 is 1.24 bits per heavy atom. The van der Waals surface area contributed by atoms with Crippen LogP contribution in [0.4, 0.5) is 13.2 Å². The maximum Gasteiger partial charge on any atom is 0.471 e. The number of nitrogens with one attached hydrogen (secondary N) is 1. The highest BCUT2D eigenvalue weighted by Crippen LogP contribution is 2.13. The zero-order valence-electron chi connectivity index (χ0n) is 11.1. The predicted octanol–water partition coefficient (Wildman–Crippen LogP) is 1.22. The van der Waals surface area contributed by atoms with Crippen molar-refractivity contribution in [2.75, 3.05) is 19.9 Å². The molecule has 0 bridgehead atoms. The third-order valence-electron chi connectivity index (χ3n) is 2.34. The van der Waals surface area contributed by atoms with E-state index in [9.17, 15) is 23.1 Å². The summed E-state index contributed by atoms with van der Waals surface area (Å²) in [6.07, 6.45) is -6.20. The molecule has 1 atom stereocenters. The quantitative estimate of drug-likeness (QED) is 0.560. The Morgan fingerprint density at radius 3 is 2.52 bits per heavy atom. The van der Waals surface area contributed by atoms with Crippen LogP contribution < -0.4 is 5.32 Å². The van der Waals surface area contributed by atoms with Crippen LogP contribution in [0, 0.1) is 0 Å². The summed E-state index contributed by atoms with van der Waals surface area (Å²) in [5.74, 6) is -2.10. The predicted molar refractivity (Wildman–Crippen MR) is 67.1 cm³/mol. The van der Waals surface area contributed by atoms with Crippen LogP contribution in [-0.4, -0.2) is 43.2 Å². The molecule has 0 heterocycles. The summed E-state index contributed by atoms with van der Waals surface area (Å²) in [5.41, 5.74) is 0.944. The molecule has 1 rings (SSSR count). The highest BCUT2D eigenvalue weighted by atomic mass is 19.4. The molecular formula is C13H16F3NO4. The van der Waals surface area contributed by atoms with Crippen LogP contribution in [0.2, 0.25) is 0 Å². The summed E-state index contributed by atoms with van der Waals surface area (Å²) in [6.45, 7) is -0.579. The Hall–Kier alpha value is -1.64. The van der Waals surface area contributed by atoms with Crippen LogP contribution in [0.15, 0.2) is 30.3 Å². The maximum absolute atomic E-state index is 11.9. The van der Waals surface area contributed by atoms with E-state index < -0.39 is 24.7 Å². The second-order valence-electron chi connectivity index (χ2n) is 4.18. The molecule has 0 aliphatic heterocycles. The SMILES string of the molecule is O=C(NCC(O)COCOCc1ccccc1)C(F)(F)F. The second-order valence-corrected chi connectivity index (χ2v) is 4.18. The minimum atomic E-state index is -4.96. The number of amides is 1. The third kappa shape index (κ3) is 7.64. The van der Waals surface area contributed by atoms with Gasteiger partial charge in [0, 0.05) is 6.54 Å². The first-order valence-corrected chi connectivity index (χ1v) is 6.12. The van der Waals surface area contributed by atoms with Crippen molar-refractivity contribution < 1.29 is 32.5 Å². The zero-order valence-corrected chi connectivity index (χ0v) is 11.1. The van der Waals surface area contributed by atoms with Gasteiger partial charge in [-0.25, -0.2) is 0 Å². The monoisotopic (exact) mass is 307 g/mol. The van der Waals surface area contributed by atoms with Gasteiger partial charge in [0.25, 0.3) is 0 Å². The van der Waals surface area contributed by atoms with Gasteiger partial charge in [0.05, 0.1) is 19.3 Å². The number of carbonyl (C=O) groups is 1. The lowest BCUT2D eigenvalue weighted by Crippen LogP contribution is -2.41. The van der Waals surface area contributed by atoms with Gasteiger partial charge >= 0.3 is 12.1 Å². The molecule has 0 aliphatic rings. The number of hydrogen-bond donors (Lipinski definition) is 2. The molecule has 0 spiro atoms. The van der Waals surface area contributed by atoms with Crippen LogP contribution >= 0.6 is 0 Å². The fourth-order valence-electron chi connectivity index (χ4n) is 1.35. The van der Waals surface area contributed by atoms with E-state index in [1.165, 1.54) is 0 Å². The third-order valence-corrected chi connectivity index (χ3v) is 2.34. The number of halogens is 3. The van der Waals surface area contributed by atoms with E-state index in [0.717, 1.165) is 5.56 Å². The Morgan fingerprint density at radius 2 is 1.90 bits per heavy atom. The van der Waals surface area contributed by atoms with E-state index in [4.69, 9.17) is 9.47 Å². The number of alkyl halides is 3. The number of aliphatic hydroxyl groups excluding tert-OH is 1. The first kappa shape index (κ1) is 17.4. The molecule has 0 saturated heterocycles. The summed E-state index contributed by atoms with van der Waals surface area (Å²) < 4.78 is 45.7. The fourth-order valence-corrected chi connectivity index (χ4v) is 1.35. The van der Waals surface area contributed by atoms with Gasteiger partial charge in [-0.1, -0.05) is 30.3 Å². The minimum absolute atomic E-state index is 0.112. The molecule has 0 aromatic heterocycles. The molecule has 0 fully saturated rings. The fraction of sp³-hybridized carbons (Fsp3) is 0.462. The molecule has 5 nitrogen and oxygen atoms in total. The van der Waals surface area contributed by atoms with E-state index in [-0.39, 0.29) is 13.4 Å². The Bertz CT molecular complexity index is 425. The topological polar surface area (TPSA) is 67.8 Å². The Labute approximate surface area is 119 Å². The van der Waals surface area contributed by atoms with Crippen molar-refractivity contribution in [1.29, 1.82) is 0 Å². The average Bonchev–Trinajstić information content (AvgIpc) is 2.44. The van der Waals surface area contributed by atoms with E-state index in [2.05, 4.69) is 0 Å². The first-order valence-electron chi connectivity index (χ1n) is 6.12. The van der Waals surface area contributed by atoms with Gasteiger partial charge in [-0.2, -0.15) is 13.2 Å². The largest absolute Gasteiger partial charge is 0.471 e. The van der Waals surface area contributed by atoms with Gasteiger partial charge < -0.3 is 19.9 Å². The molecular weight excluding hydrogens is 291 g/mol. The van der Waals surface area contributed by atoms with Crippen molar-refractivity contribution in [2.24, 2.45) is 0 Å². The molecule has 118 valence electrons. The smallest absolute Gasteiger partial charge is 0.389 e. The van der Waals surface area contributed by atoms with Crippen LogP contribution in [0.5, 0.6) is 0 Å². The highest BCUT2D eigenvalue weighted by molar-refractivity contribution is 5.81. The van der Waals surface area contributed by atoms with Crippen LogP contribution in [0.1, 0.15) is 5.56 Å². The maximum atomic E-state index is 11.9. The molecule has 0 aliphatic carbocycles. The molecule has 0 radical (unpaired) electrons. The standard InChI is InChI=1S/C13H16F3NO4/c14-13(15,16)12(19)17-6-11(18)8-21-9-20-7-10-4-2-1-3-5-10/h1-5,11,18H,6-9H2,(H,17,19). The van der Waals surface area contributed by atoms with Gasteiger partial charge in [0.2, 0.25) is 0 Å². The molecule has 21 heavy (non-hydrogen) atoms. The summed E-state index contributed by atoms with van der Waals surface area (Å²) in [6, 6.07) is 9.30. The van der Waals surface area contributed by atoms with Crippen molar-refractivity contribution in [3.63, 3.8) is 0 Å². The van der Waals surface area contributed by atoms with Crippen molar-refractivity contribution in [1.82, 2.24) is 5.32 Å². The van der Waals surface area contributed by atoms with E-state index in [1.54, 1.807) is 5.32 Å². The normalized spacial score (nSPS) is 13.0. The Kier molecular flexibility index (Phi) is 7.13.